The molecule has 1 saturated carbocycles. The van der Waals surface area contributed by atoms with E-state index >= 15 is 0 Å². The minimum atomic E-state index is -0.0462. The predicted molar refractivity (Wildman–Crippen MR) is 60.7 cm³/mol. The first-order chi connectivity index (χ1) is 7.15. The van der Waals surface area contributed by atoms with Gasteiger partial charge >= 0.3 is 5.97 Å². The number of esters is 1. The van der Waals surface area contributed by atoms with Crippen LogP contribution in [-0.4, -0.2) is 25.2 Å². The summed E-state index contributed by atoms with van der Waals surface area (Å²) in [4.78, 5) is 11.6. The number of nitrogens with one attached hydrogen (secondary N) is 1. The van der Waals surface area contributed by atoms with Crippen molar-refractivity contribution in [1.82, 2.24) is 5.32 Å². The van der Waals surface area contributed by atoms with Crippen molar-refractivity contribution in [3.8, 4) is 0 Å². The molecule has 1 aliphatic rings. The van der Waals surface area contributed by atoms with Crippen molar-refractivity contribution in [3.05, 3.63) is 0 Å². The van der Waals surface area contributed by atoms with Crippen molar-refractivity contribution < 1.29 is 9.53 Å². The summed E-state index contributed by atoms with van der Waals surface area (Å²) < 4.78 is 4.88. The van der Waals surface area contributed by atoms with Gasteiger partial charge in [0.15, 0.2) is 0 Å². The lowest BCUT2D eigenvalue weighted by Crippen LogP contribution is -2.43. The van der Waals surface area contributed by atoms with E-state index in [1.807, 2.05) is 0 Å². The molecule has 0 bridgehead atoms. The topological polar surface area (TPSA) is 38.3 Å². The van der Waals surface area contributed by atoms with Crippen LogP contribution in [0.3, 0.4) is 0 Å². The zero-order chi connectivity index (χ0) is 11.3. The molecule has 1 aliphatic carbocycles. The van der Waals surface area contributed by atoms with Crippen molar-refractivity contribution in [3.63, 3.8) is 0 Å². The van der Waals surface area contributed by atoms with Crippen LogP contribution in [0.15, 0.2) is 0 Å². The summed E-state index contributed by atoms with van der Waals surface area (Å²) in [5.41, 5.74) is 0. The molecule has 88 valence electrons. The van der Waals surface area contributed by atoms with Crippen LogP contribution in [0.2, 0.25) is 0 Å². The summed E-state index contributed by atoms with van der Waals surface area (Å²) in [5, 5.41) is 3.49. The van der Waals surface area contributed by atoms with Crippen LogP contribution in [0, 0.1) is 5.92 Å². The molecule has 1 fully saturated rings. The molecule has 0 aromatic heterocycles. The SMILES string of the molecule is COC(=O)C1CCCCCC1NC(C)C. The monoisotopic (exact) mass is 213 g/mol. The second kappa shape index (κ2) is 6.11. The zero-order valence-corrected chi connectivity index (χ0v) is 10.1. The Morgan fingerprint density at radius 1 is 1.27 bits per heavy atom. The first-order valence-electron chi connectivity index (χ1n) is 5.99. The highest BCUT2D eigenvalue weighted by atomic mass is 16.5. The number of hydrogen-bond acceptors (Lipinski definition) is 3. The summed E-state index contributed by atoms with van der Waals surface area (Å²) in [6.45, 7) is 4.25. The lowest BCUT2D eigenvalue weighted by atomic mass is 9.94. The van der Waals surface area contributed by atoms with Crippen molar-refractivity contribution in [2.45, 2.75) is 58.0 Å². The normalized spacial score (nSPS) is 27.5. The largest absolute Gasteiger partial charge is 0.469 e. The van der Waals surface area contributed by atoms with Gasteiger partial charge in [-0.15, -0.1) is 0 Å². The van der Waals surface area contributed by atoms with Crippen molar-refractivity contribution in [1.29, 1.82) is 0 Å². The molecule has 0 saturated heterocycles. The van der Waals surface area contributed by atoms with Gasteiger partial charge in [-0.3, -0.25) is 4.79 Å². The Balaban J connectivity index is 2.62. The number of hydrogen-bond donors (Lipinski definition) is 1. The first-order valence-corrected chi connectivity index (χ1v) is 5.99. The standard InChI is InChI=1S/C12H23NO2/c1-9(2)13-11-8-6-4-5-7-10(11)12(14)15-3/h9-11,13H,4-8H2,1-3H3. The van der Waals surface area contributed by atoms with E-state index in [0.29, 0.717) is 12.1 Å². The molecule has 3 heteroatoms. The fourth-order valence-corrected chi connectivity index (χ4v) is 2.37. The van der Waals surface area contributed by atoms with E-state index in [9.17, 15) is 4.79 Å². The Kier molecular flexibility index (Phi) is 5.09. The summed E-state index contributed by atoms with van der Waals surface area (Å²) in [5.74, 6) is 0.00921. The second-order valence-electron chi connectivity index (χ2n) is 4.70. The molecule has 0 radical (unpaired) electrons. The quantitative estimate of drug-likeness (QED) is 0.576. The summed E-state index contributed by atoms with van der Waals surface area (Å²) in [6, 6.07) is 0.736. The Labute approximate surface area is 92.6 Å². The zero-order valence-electron chi connectivity index (χ0n) is 10.1. The van der Waals surface area contributed by atoms with Crippen LogP contribution in [0.1, 0.15) is 46.0 Å². The van der Waals surface area contributed by atoms with Crippen molar-refractivity contribution >= 4 is 5.97 Å². The lowest BCUT2D eigenvalue weighted by molar-refractivity contribution is -0.146. The Morgan fingerprint density at radius 3 is 2.53 bits per heavy atom. The molecule has 0 aromatic rings. The summed E-state index contributed by atoms with van der Waals surface area (Å²) in [6.07, 6.45) is 5.67. The van der Waals surface area contributed by atoms with Gasteiger partial charge in [-0.05, 0) is 12.8 Å². The maximum Gasteiger partial charge on any atom is 0.310 e. The highest BCUT2D eigenvalue weighted by molar-refractivity contribution is 5.73. The Bertz CT molecular complexity index is 204. The maximum absolute atomic E-state index is 11.6. The van der Waals surface area contributed by atoms with Crippen LogP contribution >= 0.6 is 0 Å². The van der Waals surface area contributed by atoms with Gasteiger partial charge in [0.2, 0.25) is 0 Å². The number of rotatable bonds is 3. The average molecular weight is 213 g/mol. The average Bonchev–Trinajstić information content (AvgIpc) is 2.41. The van der Waals surface area contributed by atoms with Crippen LogP contribution in [0.25, 0.3) is 0 Å². The van der Waals surface area contributed by atoms with Crippen molar-refractivity contribution in [2.24, 2.45) is 5.92 Å². The Morgan fingerprint density at radius 2 is 1.93 bits per heavy atom. The molecular formula is C12H23NO2. The lowest BCUT2D eigenvalue weighted by Gasteiger charge is -2.26. The molecule has 0 aromatic carbocycles. The van der Waals surface area contributed by atoms with Crippen LogP contribution < -0.4 is 5.32 Å². The highest BCUT2D eigenvalue weighted by Crippen LogP contribution is 2.24. The maximum atomic E-state index is 11.6. The van der Waals surface area contributed by atoms with Gasteiger partial charge in [0.1, 0.15) is 0 Å². The van der Waals surface area contributed by atoms with Crippen LogP contribution in [-0.2, 0) is 9.53 Å². The summed E-state index contributed by atoms with van der Waals surface area (Å²) >= 11 is 0. The molecule has 0 aliphatic heterocycles. The van der Waals surface area contributed by atoms with E-state index in [0.717, 1.165) is 19.3 Å². The minimum Gasteiger partial charge on any atom is -0.469 e. The molecule has 0 amide bonds. The molecule has 0 spiro atoms. The highest BCUT2D eigenvalue weighted by Gasteiger charge is 2.30. The molecule has 15 heavy (non-hydrogen) atoms. The number of methoxy groups -OCH3 is 1. The Hall–Kier alpha value is -0.570. The van der Waals surface area contributed by atoms with Gasteiger partial charge in [-0.2, -0.15) is 0 Å². The molecule has 1 N–H and O–H groups in total. The number of carbonyl (C=O) groups is 1. The molecule has 2 atom stereocenters. The minimum absolute atomic E-state index is 0.0462. The van der Waals surface area contributed by atoms with Gasteiger partial charge in [0.25, 0.3) is 0 Å². The van der Waals surface area contributed by atoms with Gasteiger partial charge < -0.3 is 10.1 Å². The van der Waals surface area contributed by atoms with Gasteiger partial charge in [0, 0.05) is 12.1 Å². The fraction of sp³-hybridized carbons (Fsp3) is 0.917. The van der Waals surface area contributed by atoms with E-state index in [-0.39, 0.29) is 11.9 Å². The van der Waals surface area contributed by atoms with Gasteiger partial charge in [-0.25, -0.2) is 0 Å². The van der Waals surface area contributed by atoms with Gasteiger partial charge in [-0.1, -0.05) is 33.1 Å². The smallest absolute Gasteiger partial charge is 0.310 e. The van der Waals surface area contributed by atoms with E-state index in [4.69, 9.17) is 4.74 Å². The van der Waals surface area contributed by atoms with Crippen LogP contribution in [0.4, 0.5) is 0 Å². The van der Waals surface area contributed by atoms with Crippen molar-refractivity contribution in [2.75, 3.05) is 7.11 Å². The number of ether oxygens (including phenoxy) is 1. The van der Waals surface area contributed by atoms with E-state index in [1.165, 1.54) is 20.0 Å². The van der Waals surface area contributed by atoms with Crippen LogP contribution in [0.5, 0.6) is 0 Å². The molecule has 0 heterocycles. The predicted octanol–water partition coefficient (Wildman–Crippen LogP) is 2.11. The van der Waals surface area contributed by atoms with E-state index in [2.05, 4.69) is 19.2 Å². The molecule has 3 nitrogen and oxygen atoms in total. The molecule has 1 rings (SSSR count). The fourth-order valence-electron chi connectivity index (χ4n) is 2.37. The van der Waals surface area contributed by atoms with E-state index in [1.54, 1.807) is 0 Å². The molecule has 2 unspecified atom stereocenters. The van der Waals surface area contributed by atoms with E-state index < -0.39 is 0 Å². The summed E-state index contributed by atoms with van der Waals surface area (Å²) in [7, 11) is 1.49. The third-order valence-corrected chi connectivity index (χ3v) is 3.07. The molecular weight excluding hydrogens is 190 g/mol. The third kappa shape index (κ3) is 3.82. The number of carbonyl (C=O) groups excluding carboxylic acids is 1. The van der Waals surface area contributed by atoms with Gasteiger partial charge in [0.05, 0.1) is 13.0 Å². The third-order valence-electron chi connectivity index (χ3n) is 3.07. The second-order valence-corrected chi connectivity index (χ2v) is 4.70. The first kappa shape index (κ1) is 12.5.